The van der Waals surface area contributed by atoms with E-state index in [1.54, 1.807) is 30.0 Å². The van der Waals surface area contributed by atoms with Crippen LogP contribution in [0.2, 0.25) is 0 Å². The average Bonchev–Trinajstić information content (AvgIpc) is 3.42. The second-order valence-electron chi connectivity index (χ2n) is 6.45. The molecule has 0 radical (unpaired) electrons. The quantitative estimate of drug-likeness (QED) is 0.652. The Morgan fingerprint density at radius 1 is 1.18 bits per heavy atom. The van der Waals surface area contributed by atoms with Gasteiger partial charge in [0.1, 0.15) is 12.1 Å². The van der Waals surface area contributed by atoms with Crippen LogP contribution in [0.1, 0.15) is 23.2 Å². The molecular weight excluding hydrogens is 424 g/mol. The van der Waals surface area contributed by atoms with Gasteiger partial charge >= 0.3 is 0 Å². The van der Waals surface area contributed by atoms with Gasteiger partial charge in [-0.05, 0) is 75.6 Å². The number of anilines is 2. The number of hydrogen-bond donors (Lipinski definition) is 1. The third-order valence-corrected chi connectivity index (χ3v) is 5.32. The van der Waals surface area contributed by atoms with E-state index in [4.69, 9.17) is 4.74 Å². The van der Waals surface area contributed by atoms with E-state index in [2.05, 4.69) is 41.7 Å². The fraction of sp³-hybridized carbons (Fsp3) is 0.263. The SMILES string of the molecule is COc1ccc(C(=O)Nc2cc(-n3cnnn3)ccc2N2CCCC2)cc1Br. The summed E-state index contributed by atoms with van der Waals surface area (Å²) in [6, 6.07) is 11.1. The Kier molecular flexibility index (Phi) is 5.25. The van der Waals surface area contributed by atoms with Crippen LogP contribution in [-0.2, 0) is 0 Å². The minimum atomic E-state index is -0.197. The molecule has 1 amide bonds. The number of benzene rings is 2. The van der Waals surface area contributed by atoms with Gasteiger partial charge in [0.25, 0.3) is 5.91 Å². The normalized spacial score (nSPS) is 13.6. The van der Waals surface area contributed by atoms with Crippen LogP contribution < -0.4 is 15.0 Å². The maximum absolute atomic E-state index is 12.9. The Bertz CT molecular complexity index is 986. The number of carbonyl (C=O) groups is 1. The summed E-state index contributed by atoms with van der Waals surface area (Å²) in [7, 11) is 1.59. The van der Waals surface area contributed by atoms with Gasteiger partial charge in [0, 0.05) is 18.7 Å². The molecule has 2 heterocycles. The van der Waals surface area contributed by atoms with Crippen LogP contribution in [0.25, 0.3) is 5.69 Å². The van der Waals surface area contributed by atoms with Crippen LogP contribution in [0.3, 0.4) is 0 Å². The second-order valence-corrected chi connectivity index (χ2v) is 7.31. The maximum Gasteiger partial charge on any atom is 0.255 e. The van der Waals surface area contributed by atoms with Crippen molar-refractivity contribution < 1.29 is 9.53 Å². The van der Waals surface area contributed by atoms with Gasteiger partial charge in [-0.15, -0.1) is 5.10 Å². The Morgan fingerprint density at radius 2 is 2.00 bits per heavy atom. The fourth-order valence-corrected chi connectivity index (χ4v) is 3.82. The molecule has 0 saturated carbocycles. The lowest BCUT2D eigenvalue weighted by Gasteiger charge is -2.22. The Hall–Kier alpha value is -2.94. The van der Waals surface area contributed by atoms with Crippen molar-refractivity contribution in [2.24, 2.45) is 0 Å². The van der Waals surface area contributed by atoms with E-state index in [9.17, 15) is 4.79 Å². The predicted octanol–water partition coefficient (Wildman–Crippen LogP) is 3.29. The van der Waals surface area contributed by atoms with Gasteiger partial charge in [-0.3, -0.25) is 4.79 Å². The number of aromatic nitrogens is 4. The monoisotopic (exact) mass is 442 g/mol. The molecule has 0 aliphatic carbocycles. The third kappa shape index (κ3) is 3.70. The molecule has 1 fully saturated rings. The molecule has 1 N–H and O–H groups in total. The third-order valence-electron chi connectivity index (χ3n) is 4.70. The van der Waals surface area contributed by atoms with E-state index < -0.39 is 0 Å². The van der Waals surface area contributed by atoms with E-state index in [1.807, 2.05) is 18.2 Å². The molecule has 0 spiro atoms. The lowest BCUT2D eigenvalue weighted by Crippen LogP contribution is -2.21. The van der Waals surface area contributed by atoms with E-state index in [0.29, 0.717) is 11.3 Å². The first-order valence-electron chi connectivity index (χ1n) is 8.93. The van der Waals surface area contributed by atoms with E-state index in [1.165, 1.54) is 6.33 Å². The Balaban J connectivity index is 1.67. The summed E-state index contributed by atoms with van der Waals surface area (Å²) in [5, 5.41) is 14.3. The van der Waals surface area contributed by atoms with Crippen molar-refractivity contribution in [1.82, 2.24) is 20.2 Å². The zero-order valence-corrected chi connectivity index (χ0v) is 16.9. The number of amides is 1. The number of nitrogens with zero attached hydrogens (tertiary/aromatic N) is 5. The van der Waals surface area contributed by atoms with Crippen LogP contribution in [0.4, 0.5) is 11.4 Å². The molecule has 1 aliphatic heterocycles. The summed E-state index contributed by atoms with van der Waals surface area (Å²) in [5.41, 5.74) is 3.04. The molecule has 4 rings (SSSR count). The maximum atomic E-state index is 12.9. The van der Waals surface area contributed by atoms with Gasteiger partial charge in [0.15, 0.2) is 0 Å². The molecule has 3 aromatic rings. The van der Waals surface area contributed by atoms with Crippen LogP contribution in [0, 0.1) is 0 Å². The number of nitrogens with one attached hydrogen (secondary N) is 1. The van der Waals surface area contributed by atoms with Crippen molar-refractivity contribution >= 4 is 33.2 Å². The van der Waals surface area contributed by atoms with E-state index >= 15 is 0 Å². The second kappa shape index (κ2) is 7.97. The van der Waals surface area contributed by atoms with Crippen LogP contribution in [0.15, 0.2) is 47.2 Å². The van der Waals surface area contributed by atoms with Crippen molar-refractivity contribution in [3.63, 3.8) is 0 Å². The number of hydrogen-bond acceptors (Lipinski definition) is 6. The van der Waals surface area contributed by atoms with Gasteiger partial charge in [-0.2, -0.15) is 0 Å². The summed E-state index contributed by atoms with van der Waals surface area (Å²) < 4.78 is 7.52. The van der Waals surface area contributed by atoms with Gasteiger partial charge in [0.2, 0.25) is 0 Å². The zero-order chi connectivity index (χ0) is 19.5. The molecule has 0 bridgehead atoms. The molecular formula is C19H19BrN6O2. The first-order chi connectivity index (χ1) is 13.7. The first kappa shape index (κ1) is 18.4. The molecule has 144 valence electrons. The smallest absolute Gasteiger partial charge is 0.255 e. The zero-order valence-electron chi connectivity index (χ0n) is 15.3. The predicted molar refractivity (Wildman–Crippen MR) is 109 cm³/mol. The van der Waals surface area contributed by atoms with Gasteiger partial charge in [-0.25, -0.2) is 4.68 Å². The summed E-state index contributed by atoms with van der Waals surface area (Å²) in [6.45, 7) is 1.95. The largest absolute Gasteiger partial charge is 0.496 e. The molecule has 0 atom stereocenters. The summed E-state index contributed by atoms with van der Waals surface area (Å²) in [4.78, 5) is 15.2. The molecule has 9 heteroatoms. The van der Waals surface area contributed by atoms with E-state index in [0.717, 1.165) is 47.5 Å². The lowest BCUT2D eigenvalue weighted by atomic mass is 10.1. The molecule has 1 saturated heterocycles. The highest BCUT2D eigenvalue weighted by Gasteiger charge is 2.19. The minimum absolute atomic E-state index is 0.197. The fourth-order valence-electron chi connectivity index (χ4n) is 3.28. The number of ether oxygens (including phenoxy) is 1. The van der Waals surface area contributed by atoms with Crippen LogP contribution in [-0.4, -0.2) is 46.3 Å². The van der Waals surface area contributed by atoms with E-state index in [-0.39, 0.29) is 5.91 Å². The molecule has 28 heavy (non-hydrogen) atoms. The number of methoxy groups -OCH3 is 1. The van der Waals surface area contributed by atoms with Crippen LogP contribution in [0.5, 0.6) is 5.75 Å². The van der Waals surface area contributed by atoms with Gasteiger partial charge in [0.05, 0.1) is 28.6 Å². The molecule has 2 aromatic carbocycles. The average molecular weight is 443 g/mol. The highest BCUT2D eigenvalue weighted by atomic mass is 79.9. The standard InChI is InChI=1S/C19H19BrN6O2/c1-28-18-7-4-13(10-15(18)20)19(27)22-16-11-14(26-12-21-23-24-26)5-6-17(16)25-8-2-3-9-25/h4-7,10-12H,2-3,8-9H2,1H3,(H,22,27). The highest BCUT2D eigenvalue weighted by molar-refractivity contribution is 9.10. The van der Waals surface area contributed by atoms with Crippen molar-refractivity contribution in [2.45, 2.75) is 12.8 Å². The number of rotatable bonds is 5. The highest BCUT2D eigenvalue weighted by Crippen LogP contribution is 2.32. The molecule has 1 aliphatic rings. The number of carbonyl (C=O) groups excluding carboxylic acids is 1. The summed E-state index contributed by atoms with van der Waals surface area (Å²) in [5.74, 6) is 0.479. The summed E-state index contributed by atoms with van der Waals surface area (Å²) >= 11 is 3.43. The first-order valence-corrected chi connectivity index (χ1v) is 9.72. The summed E-state index contributed by atoms with van der Waals surface area (Å²) in [6.07, 6.45) is 3.82. The topological polar surface area (TPSA) is 85.2 Å². The molecule has 0 unspecified atom stereocenters. The number of halogens is 1. The van der Waals surface area contributed by atoms with Gasteiger partial charge in [-0.1, -0.05) is 0 Å². The minimum Gasteiger partial charge on any atom is -0.496 e. The Morgan fingerprint density at radius 3 is 2.68 bits per heavy atom. The number of tetrazole rings is 1. The Labute approximate surface area is 170 Å². The lowest BCUT2D eigenvalue weighted by molar-refractivity contribution is 0.102. The van der Waals surface area contributed by atoms with Crippen molar-refractivity contribution in [2.75, 3.05) is 30.4 Å². The van der Waals surface area contributed by atoms with Crippen molar-refractivity contribution in [3.05, 3.63) is 52.8 Å². The van der Waals surface area contributed by atoms with Crippen molar-refractivity contribution in [3.8, 4) is 11.4 Å². The molecule has 1 aromatic heterocycles. The van der Waals surface area contributed by atoms with Gasteiger partial charge < -0.3 is 15.0 Å². The van der Waals surface area contributed by atoms with Crippen LogP contribution >= 0.6 is 15.9 Å². The molecule has 8 nitrogen and oxygen atoms in total. The van der Waals surface area contributed by atoms with Crippen molar-refractivity contribution in [1.29, 1.82) is 0 Å².